The number of aromatic nitrogens is 2. The van der Waals surface area contributed by atoms with Crippen molar-refractivity contribution in [2.45, 2.75) is 97.2 Å². The van der Waals surface area contributed by atoms with E-state index in [0.29, 0.717) is 40.4 Å². The molecule has 1 aromatic heterocycles. The van der Waals surface area contributed by atoms with Gasteiger partial charge < -0.3 is 10.2 Å². The average molecular weight is 477 g/mol. The van der Waals surface area contributed by atoms with Crippen LogP contribution in [0.25, 0.3) is 10.9 Å². The first-order valence-corrected chi connectivity index (χ1v) is 14.4. The molecule has 4 aliphatic carbocycles. The summed E-state index contributed by atoms with van der Waals surface area (Å²) < 4.78 is 0. The topological polar surface area (TPSA) is 66.2 Å². The summed E-state index contributed by atoms with van der Waals surface area (Å²) in [7, 11) is 0. The molecule has 4 aliphatic rings. The van der Waals surface area contributed by atoms with Gasteiger partial charge in [0, 0.05) is 18.0 Å². The number of nitrogens with zero attached hydrogens (tertiary/aromatic N) is 2. The number of rotatable bonds is 4. The molecular formula is C31H44N2O2. The number of aliphatic hydroxyl groups is 2. The van der Waals surface area contributed by atoms with Crippen molar-refractivity contribution in [1.29, 1.82) is 0 Å². The molecule has 0 spiro atoms. The third kappa shape index (κ3) is 3.85. The van der Waals surface area contributed by atoms with Gasteiger partial charge >= 0.3 is 0 Å². The van der Waals surface area contributed by atoms with Crippen molar-refractivity contribution in [1.82, 2.24) is 9.97 Å². The number of para-hydroxylation sites is 1. The first-order chi connectivity index (χ1) is 16.8. The second kappa shape index (κ2) is 8.80. The van der Waals surface area contributed by atoms with Gasteiger partial charge in [0.1, 0.15) is 5.82 Å². The number of hydrogen-bond donors (Lipinski definition) is 2. The van der Waals surface area contributed by atoms with E-state index in [4.69, 9.17) is 4.98 Å². The van der Waals surface area contributed by atoms with Gasteiger partial charge in [0.05, 0.1) is 17.7 Å². The summed E-state index contributed by atoms with van der Waals surface area (Å²) in [6.07, 6.45) is 12.7. The summed E-state index contributed by atoms with van der Waals surface area (Å²) >= 11 is 0. The molecule has 6 rings (SSSR count). The minimum Gasteiger partial charge on any atom is -0.393 e. The number of benzene rings is 1. The average Bonchev–Trinajstić information content (AvgIpc) is 3.21. The van der Waals surface area contributed by atoms with Crippen molar-refractivity contribution in [3.63, 3.8) is 0 Å². The Balaban J connectivity index is 1.17. The third-order valence-electron chi connectivity index (χ3n) is 11.8. The number of hydrogen-bond acceptors (Lipinski definition) is 4. The molecule has 4 heteroatoms. The van der Waals surface area contributed by atoms with Gasteiger partial charge in [0.15, 0.2) is 0 Å². The maximum Gasteiger partial charge on any atom is 0.128 e. The predicted octanol–water partition coefficient (Wildman–Crippen LogP) is 6.19. The summed E-state index contributed by atoms with van der Waals surface area (Å²) in [5, 5.41) is 22.9. The van der Waals surface area contributed by atoms with E-state index < -0.39 is 0 Å². The molecule has 190 valence electrons. The van der Waals surface area contributed by atoms with E-state index in [1.165, 1.54) is 25.7 Å². The Bertz CT molecular complexity index is 1070. The fraction of sp³-hybridized carbons (Fsp3) is 0.742. The molecule has 1 aromatic carbocycles. The molecule has 1 unspecified atom stereocenters. The second-order valence-electron chi connectivity index (χ2n) is 13.3. The van der Waals surface area contributed by atoms with E-state index in [2.05, 4.69) is 44.0 Å². The summed E-state index contributed by atoms with van der Waals surface area (Å²) in [4.78, 5) is 9.48. The second-order valence-corrected chi connectivity index (χ2v) is 13.3. The van der Waals surface area contributed by atoms with Crippen LogP contribution in [-0.2, 0) is 6.42 Å². The smallest absolute Gasteiger partial charge is 0.128 e. The van der Waals surface area contributed by atoms with E-state index in [1.807, 2.05) is 12.3 Å². The van der Waals surface area contributed by atoms with Crippen molar-refractivity contribution < 1.29 is 10.2 Å². The Morgan fingerprint density at radius 1 is 0.971 bits per heavy atom. The number of aliphatic hydroxyl groups excluding tert-OH is 2. The molecule has 0 aliphatic heterocycles. The largest absolute Gasteiger partial charge is 0.393 e. The van der Waals surface area contributed by atoms with E-state index in [9.17, 15) is 10.2 Å². The highest BCUT2D eigenvalue weighted by molar-refractivity contribution is 5.77. The molecule has 1 heterocycles. The molecule has 4 nitrogen and oxygen atoms in total. The van der Waals surface area contributed by atoms with E-state index in [1.54, 1.807) is 0 Å². The normalized spacial score (nSPS) is 43.9. The minimum absolute atomic E-state index is 0.158. The third-order valence-corrected chi connectivity index (χ3v) is 11.8. The fourth-order valence-electron chi connectivity index (χ4n) is 9.86. The monoisotopic (exact) mass is 476 g/mol. The molecule has 2 N–H and O–H groups in total. The van der Waals surface area contributed by atoms with Crippen molar-refractivity contribution in [2.24, 2.45) is 46.3 Å². The fourth-order valence-corrected chi connectivity index (χ4v) is 9.86. The lowest BCUT2D eigenvalue weighted by atomic mass is 9.43. The Labute approximate surface area is 211 Å². The van der Waals surface area contributed by atoms with Gasteiger partial charge in [-0.25, -0.2) is 9.97 Å². The highest BCUT2D eigenvalue weighted by Crippen LogP contribution is 2.68. The highest BCUT2D eigenvalue weighted by Gasteiger charge is 2.62. The van der Waals surface area contributed by atoms with E-state index in [-0.39, 0.29) is 12.2 Å². The van der Waals surface area contributed by atoms with E-state index >= 15 is 0 Å². The Kier molecular flexibility index (Phi) is 6.00. The first kappa shape index (κ1) is 23.9. The summed E-state index contributed by atoms with van der Waals surface area (Å²) in [5.74, 6) is 4.55. The van der Waals surface area contributed by atoms with Crippen LogP contribution >= 0.6 is 0 Å². The van der Waals surface area contributed by atoms with E-state index in [0.717, 1.165) is 61.2 Å². The van der Waals surface area contributed by atoms with Crippen molar-refractivity contribution >= 4 is 10.9 Å². The van der Waals surface area contributed by atoms with Crippen molar-refractivity contribution in [3.8, 4) is 0 Å². The molecular weight excluding hydrogens is 432 g/mol. The van der Waals surface area contributed by atoms with Crippen LogP contribution in [0.2, 0.25) is 0 Å². The van der Waals surface area contributed by atoms with Gasteiger partial charge in [-0.3, -0.25) is 0 Å². The zero-order valence-electron chi connectivity index (χ0n) is 21.9. The van der Waals surface area contributed by atoms with Crippen LogP contribution in [0.3, 0.4) is 0 Å². The van der Waals surface area contributed by atoms with Crippen LogP contribution in [0, 0.1) is 46.3 Å². The van der Waals surface area contributed by atoms with Gasteiger partial charge in [-0.05, 0) is 110 Å². The molecule has 0 amide bonds. The maximum atomic E-state index is 11.5. The molecule has 35 heavy (non-hydrogen) atoms. The van der Waals surface area contributed by atoms with Crippen LogP contribution < -0.4 is 0 Å². The lowest BCUT2D eigenvalue weighted by Crippen LogP contribution is -2.58. The Hall–Kier alpha value is -1.52. The summed E-state index contributed by atoms with van der Waals surface area (Å²) in [5.41, 5.74) is 1.69. The van der Waals surface area contributed by atoms with Crippen LogP contribution in [-0.4, -0.2) is 32.4 Å². The molecule has 0 radical (unpaired) electrons. The van der Waals surface area contributed by atoms with Gasteiger partial charge in [-0.15, -0.1) is 0 Å². The first-order valence-electron chi connectivity index (χ1n) is 14.4. The molecule has 10 atom stereocenters. The van der Waals surface area contributed by atoms with Crippen molar-refractivity contribution in [2.75, 3.05) is 0 Å². The molecule has 0 bridgehead atoms. The summed E-state index contributed by atoms with van der Waals surface area (Å²) in [6, 6.07) is 8.25. The molecule has 2 aromatic rings. The molecule has 4 fully saturated rings. The van der Waals surface area contributed by atoms with Gasteiger partial charge in [-0.1, -0.05) is 39.0 Å². The number of aryl methyl sites for hydroxylation is 1. The predicted molar refractivity (Wildman–Crippen MR) is 140 cm³/mol. The Morgan fingerprint density at radius 3 is 2.60 bits per heavy atom. The van der Waals surface area contributed by atoms with Crippen molar-refractivity contribution in [3.05, 3.63) is 36.3 Å². The van der Waals surface area contributed by atoms with Crippen LogP contribution in [0.5, 0.6) is 0 Å². The lowest BCUT2D eigenvalue weighted by molar-refractivity contribution is -0.174. The minimum atomic E-state index is -0.187. The molecule has 0 saturated heterocycles. The van der Waals surface area contributed by atoms with Gasteiger partial charge in [-0.2, -0.15) is 0 Å². The molecule has 4 saturated carbocycles. The van der Waals surface area contributed by atoms with Crippen LogP contribution in [0.1, 0.15) is 84.4 Å². The highest BCUT2D eigenvalue weighted by atomic mass is 16.3. The van der Waals surface area contributed by atoms with Gasteiger partial charge in [0.25, 0.3) is 0 Å². The van der Waals surface area contributed by atoms with Crippen LogP contribution in [0.15, 0.2) is 30.5 Å². The summed E-state index contributed by atoms with van der Waals surface area (Å²) in [6.45, 7) is 7.54. The Morgan fingerprint density at radius 2 is 1.74 bits per heavy atom. The SMILES string of the molecule is C[C@H](CCc1ncc2ccccc2n1)[C@H]1CC[C@H]2[C@H]3C(CC[C@]12C)[C@@]1(C)CC[C@@H](O)C[C@H]1C[C@@H]3O. The zero-order valence-corrected chi connectivity index (χ0v) is 21.9. The lowest BCUT2D eigenvalue weighted by Gasteiger charge is -2.62. The number of fused-ring (bicyclic) bond motifs is 6. The quantitative estimate of drug-likeness (QED) is 0.552. The standard InChI is InChI=1S/C31H44N2O2/c1-19(8-11-28-32-18-20-6-4-5-7-26(20)33-28)23-9-10-24-29-25(13-15-31(23,24)3)30(2)14-12-22(34)16-21(30)17-27(29)35/h4-7,18-19,21-25,27,29,34-35H,8-17H2,1-3H3/t19-,21+,22-,23-,24+,25?,27+,29+,30+,31-/m1/s1. The zero-order chi connectivity index (χ0) is 24.4. The van der Waals surface area contributed by atoms with Crippen LogP contribution in [0.4, 0.5) is 0 Å². The van der Waals surface area contributed by atoms with Gasteiger partial charge in [0.2, 0.25) is 0 Å². The maximum absolute atomic E-state index is 11.5.